The van der Waals surface area contributed by atoms with Gasteiger partial charge in [-0.15, -0.1) is 0 Å². The van der Waals surface area contributed by atoms with Crippen molar-refractivity contribution in [1.82, 2.24) is 9.62 Å². The number of sulfonamides is 1. The summed E-state index contributed by atoms with van der Waals surface area (Å²) in [5, 5.41) is 2.82. The normalized spacial score (nSPS) is 12.8. The van der Waals surface area contributed by atoms with Crippen LogP contribution in [0.25, 0.3) is 0 Å². The molecular weight excluding hydrogens is 364 g/mol. The minimum Gasteiger partial charge on any atom is -0.491 e. The number of amides is 1. The smallest absolute Gasteiger partial charge is 0.243 e. The summed E-state index contributed by atoms with van der Waals surface area (Å²) in [6.07, 6.45) is 1.18. The topological polar surface area (TPSA) is 75.7 Å². The first-order valence-corrected chi connectivity index (χ1v) is 10.5. The first kappa shape index (κ1) is 20.9. The third kappa shape index (κ3) is 6.08. The summed E-state index contributed by atoms with van der Waals surface area (Å²) in [4.78, 5) is 12.8. The Morgan fingerprint density at radius 2 is 1.67 bits per heavy atom. The summed E-state index contributed by atoms with van der Waals surface area (Å²) >= 11 is 0. The van der Waals surface area contributed by atoms with Crippen LogP contribution in [0.1, 0.15) is 31.0 Å². The van der Waals surface area contributed by atoms with Crippen LogP contribution < -0.4 is 10.1 Å². The number of hydrogen-bond acceptors (Lipinski definition) is 4. The van der Waals surface area contributed by atoms with Crippen LogP contribution in [0.4, 0.5) is 0 Å². The van der Waals surface area contributed by atoms with E-state index >= 15 is 0 Å². The Labute approximate surface area is 161 Å². The molecule has 0 saturated heterocycles. The highest BCUT2D eigenvalue weighted by Gasteiger charge is 2.30. The Bertz CT molecular complexity index is 849. The Hall–Kier alpha value is -2.38. The van der Waals surface area contributed by atoms with E-state index in [0.717, 1.165) is 21.9 Å². The van der Waals surface area contributed by atoms with Crippen LogP contribution in [-0.4, -0.2) is 38.0 Å². The van der Waals surface area contributed by atoms with Gasteiger partial charge in [0.1, 0.15) is 11.8 Å². The monoisotopic (exact) mass is 390 g/mol. The second kappa shape index (κ2) is 9.01. The molecule has 0 aliphatic rings. The van der Waals surface area contributed by atoms with Gasteiger partial charge >= 0.3 is 0 Å². The predicted octanol–water partition coefficient (Wildman–Crippen LogP) is 2.72. The van der Waals surface area contributed by atoms with Gasteiger partial charge < -0.3 is 10.1 Å². The zero-order chi connectivity index (χ0) is 20.0. The molecule has 6 nitrogen and oxygen atoms in total. The number of ether oxygens (including phenoxy) is 1. The largest absolute Gasteiger partial charge is 0.491 e. The minimum atomic E-state index is -3.54. The zero-order valence-corrected chi connectivity index (χ0v) is 16.9. The second-order valence-corrected chi connectivity index (χ2v) is 8.66. The average molecular weight is 391 g/mol. The molecule has 0 saturated carbocycles. The van der Waals surface area contributed by atoms with Crippen LogP contribution in [0.2, 0.25) is 0 Å². The Morgan fingerprint density at radius 3 is 2.19 bits per heavy atom. The molecule has 0 heterocycles. The first-order valence-electron chi connectivity index (χ1n) is 8.69. The lowest BCUT2D eigenvalue weighted by molar-refractivity contribution is -0.124. The summed E-state index contributed by atoms with van der Waals surface area (Å²) in [5.74, 6) is 0.385. The van der Waals surface area contributed by atoms with Crippen LogP contribution in [0.3, 0.4) is 0 Å². The molecule has 0 radical (unpaired) electrons. The Kier molecular flexibility index (Phi) is 6.98. The molecular formula is C20H26N2O4S. The van der Waals surface area contributed by atoms with Gasteiger partial charge in [-0.1, -0.05) is 42.5 Å². The van der Waals surface area contributed by atoms with E-state index in [-0.39, 0.29) is 12.0 Å². The van der Waals surface area contributed by atoms with Gasteiger partial charge in [0, 0.05) is 13.6 Å². The van der Waals surface area contributed by atoms with Crippen molar-refractivity contribution in [2.24, 2.45) is 0 Å². The molecule has 146 valence electrons. The summed E-state index contributed by atoms with van der Waals surface area (Å²) in [5.41, 5.74) is 1.51. The fraction of sp³-hybridized carbons (Fsp3) is 0.350. The van der Waals surface area contributed by atoms with E-state index in [1.54, 1.807) is 24.3 Å². The molecule has 0 aromatic heterocycles. The van der Waals surface area contributed by atoms with Gasteiger partial charge in [0.15, 0.2) is 0 Å². The maximum atomic E-state index is 12.8. The summed E-state index contributed by atoms with van der Waals surface area (Å²) in [6.45, 7) is 4.20. The molecule has 0 aliphatic carbocycles. The van der Waals surface area contributed by atoms with Crippen LogP contribution in [0.15, 0.2) is 54.6 Å². The maximum absolute atomic E-state index is 12.8. The summed E-state index contributed by atoms with van der Waals surface area (Å²) in [6, 6.07) is 15.4. The molecule has 2 aromatic rings. The third-order valence-electron chi connectivity index (χ3n) is 4.01. The van der Waals surface area contributed by atoms with Gasteiger partial charge in [0.25, 0.3) is 0 Å². The predicted molar refractivity (Wildman–Crippen MR) is 106 cm³/mol. The van der Waals surface area contributed by atoms with Gasteiger partial charge in [0.2, 0.25) is 15.9 Å². The van der Waals surface area contributed by atoms with Gasteiger partial charge in [-0.05, 0) is 37.1 Å². The lowest BCUT2D eigenvalue weighted by Crippen LogP contribution is -2.41. The molecule has 0 bridgehead atoms. The number of rotatable bonds is 8. The molecule has 2 rings (SSSR count). The number of likely N-dealkylation sites (N-methyl/N-ethyl adjacent to an activating group) is 1. The van der Waals surface area contributed by atoms with Crippen molar-refractivity contribution in [2.45, 2.75) is 32.5 Å². The minimum absolute atomic E-state index is 0.0914. The van der Waals surface area contributed by atoms with Crippen LogP contribution in [0, 0.1) is 0 Å². The van der Waals surface area contributed by atoms with E-state index in [9.17, 15) is 13.2 Å². The maximum Gasteiger partial charge on any atom is 0.243 e. The van der Waals surface area contributed by atoms with Crippen molar-refractivity contribution in [3.63, 3.8) is 0 Å². The van der Waals surface area contributed by atoms with Crippen molar-refractivity contribution in [3.8, 4) is 5.75 Å². The highest BCUT2D eigenvalue weighted by molar-refractivity contribution is 7.88. The van der Waals surface area contributed by atoms with E-state index in [2.05, 4.69) is 5.32 Å². The van der Waals surface area contributed by atoms with Crippen molar-refractivity contribution in [3.05, 3.63) is 65.7 Å². The standard InChI is InChI=1S/C20H26N2O4S/c1-15(2)26-18-12-10-16(11-13-18)14-21-20(23)19(22(3)27(4,24)25)17-8-6-5-7-9-17/h5-13,15,19H,14H2,1-4H3,(H,21,23)/t19-/m0/s1. The molecule has 1 atom stereocenters. The molecule has 2 aromatic carbocycles. The third-order valence-corrected chi connectivity index (χ3v) is 5.27. The Morgan fingerprint density at radius 1 is 1.07 bits per heavy atom. The summed E-state index contributed by atoms with van der Waals surface area (Å²) < 4.78 is 30.6. The van der Waals surface area contributed by atoms with E-state index < -0.39 is 16.1 Å². The van der Waals surface area contributed by atoms with Crippen molar-refractivity contribution >= 4 is 15.9 Å². The average Bonchev–Trinajstić information content (AvgIpc) is 2.61. The lowest BCUT2D eigenvalue weighted by atomic mass is 10.1. The fourth-order valence-corrected chi connectivity index (χ4v) is 3.20. The lowest BCUT2D eigenvalue weighted by Gasteiger charge is -2.25. The van der Waals surface area contributed by atoms with Crippen molar-refractivity contribution in [1.29, 1.82) is 0 Å². The number of benzene rings is 2. The van der Waals surface area contributed by atoms with Gasteiger partial charge in [0.05, 0.1) is 12.4 Å². The molecule has 1 N–H and O–H groups in total. The van der Waals surface area contributed by atoms with Crippen molar-refractivity contribution < 1.29 is 17.9 Å². The quantitative estimate of drug-likeness (QED) is 0.752. The van der Waals surface area contributed by atoms with Crippen LogP contribution in [-0.2, 0) is 21.4 Å². The van der Waals surface area contributed by atoms with Gasteiger partial charge in [-0.25, -0.2) is 8.42 Å². The van der Waals surface area contributed by atoms with E-state index in [4.69, 9.17) is 4.74 Å². The highest BCUT2D eigenvalue weighted by Crippen LogP contribution is 2.22. The first-order chi connectivity index (χ1) is 12.7. The summed E-state index contributed by atoms with van der Waals surface area (Å²) in [7, 11) is -2.13. The van der Waals surface area contributed by atoms with Gasteiger partial charge in [-0.3, -0.25) is 4.79 Å². The SMILES string of the molecule is CC(C)Oc1ccc(CNC(=O)[C@H](c2ccccc2)N(C)S(C)(=O)=O)cc1. The zero-order valence-electron chi connectivity index (χ0n) is 16.0. The number of carbonyl (C=O) groups excluding carboxylic acids is 1. The van der Waals surface area contributed by atoms with E-state index in [1.807, 2.05) is 44.2 Å². The second-order valence-electron chi connectivity index (χ2n) is 6.62. The van der Waals surface area contributed by atoms with Crippen molar-refractivity contribution in [2.75, 3.05) is 13.3 Å². The van der Waals surface area contributed by atoms with Crippen LogP contribution >= 0.6 is 0 Å². The Balaban J connectivity index is 2.12. The van der Waals surface area contributed by atoms with Crippen LogP contribution in [0.5, 0.6) is 5.75 Å². The molecule has 0 unspecified atom stereocenters. The molecule has 0 aliphatic heterocycles. The number of nitrogens with zero attached hydrogens (tertiary/aromatic N) is 1. The molecule has 0 spiro atoms. The fourth-order valence-electron chi connectivity index (χ4n) is 2.60. The number of hydrogen-bond donors (Lipinski definition) is 1. The molecule has 7 heteroatoms. The number of carbonyl (C=O) groups is 1. The number of nitrogens with one attached hydrogen (secondary N) is 1. The van der Waals surface area contributed by atoms with E-state index in [0.29, 0.717) is 12.1 Å². The highest BCUT2D eigenvalue weighted by atomic mass is 32.2. The molecule has 1 amide bonds. The molecule has 0 fully saturated rings. The van der Waals surface area contributed by atoms with Gasteiger partial charge in [-0.2, -0.15) is 4.31 Å². The molecule has 27 heavy (non-hydrogen) atoms. The van der Waals surface area contributed by atoms with E-state index in [1.165, 1.54) is 7.05 Å².